The number of imidazole rings is 1. The van der Waals surface area contributed by atoms with E-state index in [1.807, 2.05) is 0 Å². The second-order valence-corrected chi connectivity index (χ2v) is 4.45. The summed E-state index contributed by atoms with van der Waals surface area (Å²) in [5, 5.41) is 20.7. The molecule has 88 valence electrons. The van der Waals surface area contributed by atoms with Crippen LogP contribution in [0, 0.1) is 10.1 Å². The van der Waals surface area contributed by atoms with Gasteiger partial charge in [-0.3, -0.25) is 0 Å². The van der Waals surface area contributed by atoms with Gasteiger partial charge in [0.25, 0.3) is 0 Å². The predicted molar refractivity (Wildman–Crippen MR) is 56.9 cm³/mol. The first-order chi connectivity index (χ1) is 7.59. The molecule has 0 aromatic carbocycles. The van der Waals surface area contributed by atoms with Crippen molar-refractivity contribution in [2.75, 3.05) is 0 Å². The Hall–Kier alpha value is -1.43. The monoisotopic (exact) mass is 225 g/mol. The summed E-state index contributed by atoms with van der Waals surface area (Å²) in [6, 6.07) is 0. The highest BCUT2D eigenvalue weighted by Gasteiger charge is 2.30. The van der Waals surface area contributed by atoms with Gasteiger partial charge >= 0.3 is 5.82 Å². The van der Waals surface area contributed by atoms with E-state index in [4.69, 9.17) is 0 Å². The van der Waals surface area contributed by atoms with Gasteiger partial charge in [0.05, 0.1) is 12.1 Å². The van der Waals surface area contributed by atoms with Gasteiger partial charge in [-0.1, -0.05) is 19.3 Å². The average Bonchev–Trinajstić information content (AvgIpc) is 2.66. The standard InChI is InChI=1S/C10H15N3O3/c14-10(4-2-1-3-5-10)7-12-6-9(11-8-12)13(15)16/h6,8,14H,1-5,7H2. The van der Waals surface area contributed by atoms with Crippen molar-refractivity contribution in [1.29, 1.82) is 0 Å². The first kappa shape index (κ1) is 11.1. The van der Waals surface area contributed by atoms with Crippen LogP contribution in [-0.2, 0) is 6.54 Å². The summed E-state index contributed by atoms with van der Waals surface area (Å²) < 4.78 is 1.60. The predicted octanol–water partition coefficient (Wildman–Crippen LogP) is 1.49. The van der Waals surface area contributed by atoms with E-state index in [0.29, 0.717) is 6.54 Å². The second-order valence-electron chi connectivity index (χ2n) is 4.45. The Kier molecular flexibility index (Phi) is 2.91. The topological polar surface area (TPSA) is 81.2 Å². The van der Waals surface area contributed by atoms with Gasteiger partial charge in [-0.2, -0.15) is 0 Å². The third kappa shape index (κ3) is 2.38. The molecule has 16 heavy (non-hydrogen) atoms. The van der Waals surface area contributed by atoms with Crippen LogP contribution in [0.4, 0.5) is 5.82 Å². The average molecular weight is 225 g/mol. The summed E-state index contributed by atoms with van der Waals surface area (Å²) in [4.78, 5) is 13.6. The molecule has 6 nitrogen and oxygen atoms in total. The zero-order chi connectivity index (χ0) is 11.6. The third-order valence-corrected chi connectivity index (χ3v) is 3.07. The van der Waals surface area contributed by atoms with Gasteiger partial charge in [0.15, 0.2) is 0 Å². The van der Waals surface area contributed by atoms with E-state index in [0.717, 1.165) is 32.1 Å². The smallest absolute Gasteiger partial charge is 0.381 e. The van der Waals surface area contributed by atoms with Gasteiger partial charge in [-0.15, -0.1) is 0 Å². The molecular formula is C10H15N3O3. The molecule has 1 aliphatic rings. The summed E-state index contributed by atoms with van der Waals surface area (Å²) in [6.07, 6.45) is 7.50. The lowest BCUT2D eigenvalue weighted by atomic mass is 9.85. The van der Waals surface area contributed by atoms with Gasteiger partial charge < -0.3 is 19.8 Å². The van der Waals surface area contributed by atoms with E-state index in [-0.39, 0.29) is 5.82 Å². The van der Waals surface area contributed by atoms with Crippen LogP contribution in [0.2, 0.25) is 0 Å². The van der Waals surface area contributed by atoms with Crippen LogP contribution < -0.4 is 0 Å². The lowest BCUT2D eigenvalue weighted by Gasteiger charge is -2.31. The van der Waals surface area contributed by atoms with Crippen molar-refractivity contribution in [1.82, 2.24) is 9.55 Å². The molecule has 0 amide bonds. The molecule has 1 fully saturated rings. The number of aliphatic hydroxyl groups is 1. The molecule has 1 heterocycles. The minimum Gasteiger partial charge on any atom is -0.388 e. The summed E-state index contributed by atoms with van der Waals surface area (Å²) in [7, 11) is 0. The zero-order valence-electron chi connectivity index (χ0n) is 9.00. The van der Waals surface area contributed by atoms with Crippen LogP contribution in [0.25, 0.3) is 0 Å². The van der Waals surface area contributed by atoms with Gasteiger partial charge in [0, 0.05) is 0 Å². The molecule has 0 bridgehead atoms. The summed E-state index contributed by atoms with van der Waals surface area (Å²) in [6.45, 7) is 0.397. The molecule has 0 aliphatic heterocycles. The number of hydrogen-bond donors (Lipinski definition) is 1. The Morgan fingerprint density at radius 3 is 2.75 bits per heavy atom. The van der Waals surface area contributed by atoms with Crippen LogP contribution in [0.1, 0.15) is 32.1 Å². The van der Waals surface area contributed by atoms with E-state index in [1.165, 1.54) is 12.5 Å². The van der Waals surface area contributed by atoms with Crippen molar-refractivity contribution >= 4 is 5.82 Å². The number of aromatic nitrogens is 2. The molecule has 0 atom stereocenters. The van der Waals surface area contributed by atoms with E-state index < -0.39 is 10.5 Å². The van der Waals surface area contributed by atoms with Crippen LogP contribution in [0.3, 0.4) is 0 Å². The van der Waals surface area contributed by atoms with Crippen molar-refractivity contribution in [3.8, 4) is 0 Å². The lowest BCUT2D eigenvalue weighted by Crippen LogP contribution is -2.35. The minimum atomic E-state index is -0.715. The normalized spacial score (nSPS) is 19.6. The molecule has 1 saturated carbocycles. The molecular weight excluding hydrogens is 210 g/mol. The molecule has 1 aromatic heterocycles. The Labute approximate surface area is 93.1 Å². The Bertz CT molecular complexity index is 382. The minimum absolute atomic E-state index is 0.167. The molecule has 6 heteroatoms. The van der Waals surface area contributed by atoms with Crippen molar-refractivity contribution in [2.24, 2.45) is 0 Å². The first-order valence-corrected chi connectivity index (χ1v) is 5.48. The van der Waals surface area contributed by atoms with Gasteiger partial charge in [0.1, 0.15) is 6.20 Å². The van der Waals surface area contributed by atoms with Gasteiger partial charge in [0.2, 0.25) is 6.33 Å². The fourth-order valence-electron chi connectivity index (χ4n) is 2.24. The molecule has 0 unspecified atom stereocenters. The van der Waals surface area contributed by atoms with E-state index in [9.17, 15) is 15.2 Å². The third-order valence-electron chi connectivity index (χ3n) is 3.07. The molecule has 0 saturated heterocycles. The van der Waals surface area contributed by atoms with Crippen molar-refractivity contribution in [3.63, 3.8) is 0 Å². The number of rotatable bonds is 3. The molecule has 0 radical (unpaired) electrons. The quantitative estimate of drug-likeness (QED) is 0.624. The largest absolute Gasteiger partial charge is 0.388 e. The SMILES string of the molecule is O=[N+]([O-])c1cn(CC2(O)CCCCC2)cn1. The van der Waals surface area contributed by atoms with Crippen LogP contribution in [-0.4, -0.2) is 25.2 Å². The molecule has 1 aliphatic carbocycles. The van der Waals surface area contributed by atoms with Crippen LogP contribution >= 0.6 is 0 Å². The Balaban J connectivity index is 2.04. The Morgan fingerprint density at radius 1 is 1.50 bits per heavy atom. The summed E-state index contributed by atoms with van der Waals surface area (Å²) in [5.41, 5.74) is -0.715. The maximum atomic E-state index is 10.5. The first-order valence-electron chi connectivity index (χ1n) is 5.48. The van der Waals surface area contributed by atoms with E-state index in [1.54, 1.807) is 4.57 Å². The highest BCUT2D eigenvalue weighted by atomic mass is 16.6. The molecule has 2 rings (SSSR count). The maximum Gasteiger partial charge on any atom is 0.381 e. The highest BCUT2D eigenvalue weighted by Crippen LogP contribution is 2.29. The van der Waals surface area contributed by atoms with Crippen molar-refractivity contribution < 1.29 is 10.0 Å². The number of hydrogen-bond acceptors (Lipinski definition) is 4. The van der Waals surface area contributed by atoms with Gasteiger partial charge in [-0.05, 0) is 22.7 Å². The maximum absolute atomic E-state index is 10.5. The number of nitro groups is 1. The molecule has 1 aromatic rings. The highest BCUT2D eigenvalue weighted by molar-refractivity contribution is 5.12. The fourth-order valence-corrected chi connectivity index (χ4v) is 2.24. The fraction of sp³-hybridized carbons (Fsp3) is 0.700. The summed E-state index contributed by atoms with van der Waals surface area (Å²) >= 11 is 0. The van der Waals surface area contributed by atoms with Crippen molar-refractivity contribution in [3.05, 3.63) is 22.6 Å². The lowest BCUT2D eigenvalue weighted by molar-refractivity contribution is -0.389. The van der Waals surface area contributed by atoms with Crippen LogP contribution in [0.5, 0.6) is 0 Å². The number of nitrogens with zero attached hydrogens (tertiary/aromatic N) is 3. The second kappa shape index (κ2) is 4.21. The van der Waals surface area contributed by atoms with E-state index >= 15 is 0 Å². The van der Waals surface area contributed by atoms with Gasteiger partial charge in [-0.25, -0.2) is 0 Å². The zero-order valence-corrected chi connectivity index (χ0v) is 9.00. The van der Waals surface area contributed by atoms with Crippen molar-refractivity contribution in [2.45, 2.75) is 44.2 Å². The van der Waals surface area contributed by atoms with Crippen LogP contribution in [0.15, 0.2) is 12.5 Å². The summed E-state index contributed by atoms with van der Waals surface area (Å²) in [5.74, 6) is -0.167. The molecule has 1 N–H and O–H groups in total. The van der Waals surface area contributed by atoms with E-state index in [2.05, 4.69) is 4.98 Å². The Morgan fingerprint density at radius 2 is 2.19 bits per heavy atom. The molecule has 0 spiro atoms.